The van der Waals surface area contributed by atoms with Crippen molar-refractivity contribution in [2.45, 2.75) is 69.9 Å². The van der Waals surface area contributed by atoms with Crippen LogP contribution < -0.4 is 10.9 Å². The van der Waals surface area contributed by atoms with E-state index in [1.165, 1.54) is 6.07 Å². The molecule has 2 aliphatic rings. The summed E-state index contributed by atoms with van der Waals surface area (Å²) in [6.45, 7) is 4.14. The molecule has 1 aliphatic carbocycles. The number of rotatable bonds is 4. The number of alkyl halides is 2. The van der Waals surface area contributed by atoms with Crippen molar-refractivity contribution < 1.29 is 18.7 Å². The number of benzene rings is 1. The summed E-state index contributed by atoms with van der Waals surface area (Å²) in [5.74, 6) is -3.37. The predicted octanol–water partition coefficient (Wildman–Crippen LogP) is 4.87. The maximum absolute atomic E-state index is 13.9. The molecule has 5 rings (SSSR count). The Morgan fingerprint density at radius 3 is 2.57 bits per heavy atom. The highest BCUT2D eigenvalue weighted by Gasteiger charge is 2.49. The van der Waals surface area contributed by atoms with Crippen LogP contribution in [0.15, 0.2) is 23.0 Å². The number of aromatic carboxylic acids is 1. The van der Waals surface area contributed by atoms with E-state index in [1.807, 2.05) is 19.9 Å². The molecule has 1 spiro atoms. The lowest BCUT2D eigenvalue weighted by molar-refractivity contribution is -0.0523. The number of anilines is 1. The lowest BCUT2D eigenvalue weighted by atomic mass is 9.71. The number of carbonyl (C=O) groups is 1. The van der Waals surface area contributed by atoms with E-state index < -0.39 is 23.3 Å². The Bertz CT molecular complexity index is 1410. The monoisotopic (exact) mass is 503 g/mol. The molecule has 184 valence electrons. The number of hydrogen-bond acceptors (Lipinski definition) is 6. The summed E-state index contributed by atoms with van der Waals surface area (Å²) in [7, 11) is 0. The van der Waals surface area contributed by atoms with Gasteiger partial charge >= 0.3 is 5.97 Å². The highest BCUT2D eigenvalue weighted by atomic mass is 35.5. The molecule has 3 aromatic rings. The third-order valence-corrected chi connectivity index (χ3v) is 7.45. The van der Waals surface area contributed by atoms with Crippen LogP contribution in [-0.2, 0) is 12.0 Å². The summed E-state index contributed by atoms with van der Waals surface area (Å²) >= 11 is 5.94. The fourth-order valence-corrected chi connectivity index (χ4v) is 5.54. The fraction of sp³-hybridized carbons (Fsp3) is 0.458. The van der Waals surface area contributed by atoms with Crippen LogP contribution in [0.4, 0.5) is 14.5 Å². The molecule has 1 aromatic carbocycles. The fourth-order valence-electron chi connectivity index (χ4n) is 5.40. The van der Waals surface area contributed by atoms with Crippen LogP contribution in [0.3, 0.4) is 0 Å². The van der Waals surface area contributed by atoms with Gasteiger partial charge in [-0.3, -0.25) is 9.36 Å². The van der Waals surface area contributed by atoms with E-state index in [-0.39, 0.29) is 47.8 Å². The van der Waals surface area contributed by atoms with Gasteiger partial charge in [0.15, 0.2) is 10.8 Å². The average Bonchev–Trinajstić information content (AvgIpc) is 3.14. The highest BCUT2D eigenvalue weighted by Crippen LogP contribution is 2.49. The number of aromatic nitrogens is 4. The van der Waals surface area contributed by atoms with E-state index in [9.17, 15) is 23.5 Å². The minimum atomic E-state index is -2.68. The number of halogens is 3. The van der Waals surface area contributed by atoms with Gasteiger partial charge in [0.05, 0.1) is 22.6 Å². The van der Waals surface area contributed by atoms with Crippen LogP contribution in [0.5, 0.6) is 0 Å². The van der Waals surface area contributed by atoms with E-state index in [0.29, 0.717) is 35.3 Å². The van der Waals surface area contributed by atoms with Gasteiger partial charge in [-0.05, 0) is 44.7 Å². The molecule has 0 amide bonds. The minimum Gasteiger partial charge on any atom is -0.476 e. The van der Waals surface area contributed by atoms with Crippen LogP contribution in [0, 0.1) is 6.92 Å². The van der Waals surface area contributed by atoms with Crippen LogP contribution >= 0.6 is 11.6 Å². The van der Waals surface area contributed by atoms with Crippen molar-refractivity contribution in [3.8, 4) is 0 Å². The first-order valence-corrected chi connectivity index (χ1v) is 11.8. The number of aryl methyl sites for hydroxylation is 1. The van der Waals surface area contributed by atoms with Crippen molar-refractivity contribution in [3.63, 3.8) is 0 Å². The van der Waals surface area contributed by atoms with E-state index in [2.05, 4.69) is 15.5 Å². The zero-order valence-electron chi connectivity index (χ0n) is 19.2. The van der Waals surface area contributed by atoms with Crippen molar-refractivity contribution in [2.75, 3.05) is 5.32 Å². The Balaban J connectivity index is 1.62. The zero-order chi connectivity index (χ0) is 25.1. The number of fused-ring (bicyclic) bond motifs is 3. The highest BCUT2D eigenvalue weighted by molar-refractivity contribution is 6.29. The molecule has 0 bridgehead atoms. The van der Waals surface area contributed by atoms with Gasteiger partial charge in [-0.15, -0.1) is 10.2 Å². The number of nitrogens with zero attached hydrogens (tertiary/aromatic N) is 4. The van der Waals surface area contributed by atoms with E-state index in [0.717, 1.165) is 5.56 Å². The number of carboxylic acids is 1. The molecule has 0 unspecified atom stereocenters. The summed E-state index contributed by atoms with van der Waals surface area (Å²) in [5, 5.41) is 20.3. The molecule has 2 aromatic heterocycles. The summed E-state index contributed by atoms with van der Waals surface area (Å²) in [6.07, 6.45) is 0.764. The standard InChI is InChI=1S/C24H24ClF2N5O3/c1-12-9-14(13(2)28-16-11-17(25)30-31-19(16)21(34)35)18-15(10-12)20(33)32-8-7-23(22(32)29-18)3-5-24(26,27)6-4-23/h9-11,13H,3-8H2,1-2H3,(H,28,30)(H,34,35)/t13-/m1/s1. The van der Waals surface area contributed by atoms with Crippen molar-refractivity contribution in [1.29, 1.82) is 0 Å². The number of hydrogen-bond donors (Lipinski definition) is 2. The molecular formula is C24H24ClF2N5O3. The molecule has 2 N–H and O–H groups in total. The van der Waals surface area contributed by atoms with Gasteiger partial charge in [0.1, 0.15) is 5.82 Å². The maximum atomic E-state index is 13.9. The largest absolute Gasteiger partial charge is 0.476 e. The smallest absolute Gasteiger partial charge is 0.358 e. The van der Waals surface area contributed by atoms with Crippen molar-refractivity contribution in [1.82, 2.24) is 19.7 Å². The molecule has 1 atom stereocenters. The summed E-state index contributed by atoms with van der Waals surface area (Å²) in [5.41, 5.74) is 1.19. The lowest BCUT2D eigenvalue weighted by Gasteiger charge is -2.36. The molecule has 35 heavy (non-hydrogen) atoms. The average molecular weight is 504 g/mol. The molecule has 1 fully saturated rings. The zero-order valence-corrected chi connectivity index (χ0v) is 20.0. The van der Waals surface area contributed by atoms with Crippen LogP contribution in [0.1, 0.15) is 72.5 Å². The van der Waals surface area contributed by atoms with Gasteiger partial charge in [0, 0.05) is 36.4 Å². The summed E-state index contributed by atoms with van der Waals surface area (Å²) in [6, 6.07) is 4.57. The Labute approximate surface area is 204 Å². The second-order valence-corrected chi connectivity index (χ2v) is 10.0. The topological polar surface area (TPSA) is 110 Å². The second kappa shape index (κ2) is 8.22. The van der Waals surface area contributed by atoms with E-state index in [4.69, 9.17) is 16.6 Å². The second-order valence-electron chi connectivity index (χ2n) is 9.63. The molecule has 0 radical (unpaired) electrons. The summed E-state index contributed by atoms with van der Waals surface area (Å²) in [4.78, 5) is 30.0. The van der Waals surface area contributed by atoms with Crippen molar-refractivity contribution in [2.24, 2.45) is 0 Å². The Hall–Kier alpha value is -3.14. The third-order valence-electron chi connectivity index (χ3n) is 7.26. The first-order chi connectivity index (χ1) is 16.5. The molecule has 3 heterocycles. The third kappa shape index (κ3) is 4.03. The van der Waals surface area contributed by atoms with Gasteiger partial charge in [0.25, 0.3) is 5.56 Å². The van der Waals surface area contributed by atoms with Gasteiger partial charge in [0.2, 0.25) is 5.92 Å². The molecule has 11 heteroatoms. The van der Waals surface area contributed by atoms with Crippen LogP contribution in [0.25, 0.3) is 10.9 Å². The molecule has 1 aliphatic heterocycles. The van der Waals surface area contributed by atoms with Crippen molar-refractivity contribution in [3.05, 3.63) is 56.4 Å². The Morgan fingerprint density at radius 1 is 1.17 bits per heavy atom. The van der Waals surface area contributed by atoms with Crippen LogP contribution in [0.2, 0.25) is 5.15 Å². The van der Waals surface area contributed by atoms with Gasteiger partial charge in [-0.25, -0.2) is 18.6 Å². The minimum absolute atomic E-state index is 0.0315. The molecule has 1 saturated carbocycles. The summed E-state index contributed by atoms with van der Waals surface area (Å²) < 4.78 is 29.5. The maximum Gasteiger partial charge on any atom is 0.358 e. The van der Waals surface area contributed by atoms with Gasteiger partial charge < -0.3 is 10.4 Å². The molecule has 0 saturated heterocycles. The van der Waals surface area contributed by atoms with Crippen molar-refractivity contribution >= 4 is 34.2 Å². The van der Waals surface area contributed by atoms with Gasteiger partial charge in [-0.1, -0.05) is 17.7 Å². The number of carboxylic acid groups (broad SMARTS) is 1. The molecule has 8 nitrogen and oxygen atoms in total. The SMILES string of the molecule is Cc1cc([C@@H](C)Nc2cc(Cl)nnc2C(=O)O)c2nc3n(c(=O)c2c1)CCC31CCC(F)(F)CC1. The number of nitrogens with one attached hydrogen (secondary N) is 1. The molecular weight excluding hydrogens is 480 g/mol. The van der Waals surface area contributed by atoms with E-state index in [1.54, 1.807) is 10.6 Å². The first kappa shape index (κ1) is 23.6. The Kier molecular flexibility index (Phi) is 5.54. The van der Waals surface area contributed by atoms with Crippen LogP contribution in [-0.4, -0.2) is 36.7 Å². The Morgan fingerprint density at radius 2 is 1.89 bits per heavy atom. The lowest BCUT2D eigenvalue weighted by Crippen LogP contribution is -2.37. The van der Waals surface area contributed by atoms with Gasteiger partial charge in [-0.2, -0.15) is 0 Å². The van der Waals surface area contributed by atoms with E-state index >= 15 is 0 Å². The normalized spacial score (nSPS) is 19.0. The predicted molar refractivity (Wildman–Crippen MR) is 126 cm³/mol. The first-order valence-electron chi connectivity index (χ1n) is 11.5. The quantitative estimate of drug-likeness (QED) is 0.522.